The van der Waals surface area contributed by atoms with E-state index in [1.165, 1.54) is 12.7 Å². The molecular weight excluding hydrogens is 428 g/mol. The Morgan fingerprint density at radius 3 is 2.39 bits per heavy atom. The molecule has 0 bridgehead atoms. The van der Waals surface area contributed by atoms with E-state index in [0.717, 1.165) is 49.9 Å². The highest BCUT2D eigenvalue weighted by molar-refractivity contribution is 7.99. The number of carbonyl (C=O) groups is 1. The van der Waals surface area contributed by atoms with E-state index in [-0.39, 0.29) is 11.2 Å². The first kappa shape index (κ1) is 21.4. The molecule has 0 aliphatic carbocycles. The molecule has 164 valence electrons. The van der Waals surface area contributed by atoms with E-state index in [1.54, 1.807) is 11.8 Å². The van der Waals surface area contributed by atoms with Gasteiger partial charge in [-0.2, -0.15) is 0 Å². The van der Waals surface area contributed by atoms with Gasteiger partial charge in [-0.15, -0.1) is 11.8 Å². The van der Waals surface area contributed by atoms with Crippen molar-refractivity contribution in [3.63, 3.8) is 0 Å². The number of hydrogen-bond donors (Lipinski definition) is 0. The molecule has 0 saturated heterocycles. The number of esters is 1. The van der Waals surface area contributed by atoms with Crippen LogP contribution < -0.4 is 0 Å². The predicted octanol–water partition coefficient (Wildman–Crippen LogP) is 7.71. The van der Waals surface area contributed by atoms with E-state index in [0.29, 0.717) is 0 Å². The van der Waals surface area contributed by atoms with E-state index < -0.39 is 0 Å². The third-order valence-corrected chi connectivity index (χ3v) is 7.06. The summed E-state index contributed by atoms with van der Waals surface area (Å²) in [5.41, 5.74) is 7.50. The minimum atomic E-state index is -0.191. The second-order valence-electron chi connectivity index (χ2n) is 8.04. The van der Waals surface area contributed by atoms with Crippen LogP contribution >= 0.6 is 11.8 Å². The number of ether oxygens (including phenoxy) is 1. The van der Waals surface area contributed by atoms with Gasteiger partial charge in [0, 0.05) is 22.1 Å². The fraction of sp³-hybridized carbons (Fsp3) is 0.138. The molecule has 0 spiro atoms. The van der Waals surface area contributed by atoms with Crippen LogP contribution in [0.25, 0.3) is 44.2 Å². The van der Waals surface area contributed by atoms with Gasteiger partial charge < -0.3 is 9.15 Å². The summed E-state index contributed by atoms with van der Waals surface area (Å²) in [6.07, 6.45) is 0. The Kier molecular flexibility index (Phi) is 5.93. The van der Waals surface area contributed by atoms with Crippen LogP contribution in [0.1, 0.15) is 12.5 Å². The maximum atomic E-state index is 11.7. The monoisotopic (exact) mass is 452 g/mol. The molecule has 5 aromatic rings. The van der Waals surface area contributed by atoms with Crippen LogP contribution in [0, 0.1) is 0 Å². The van der Waals surface area contributed by atoms with Crippen LogP contribution in [0.3, 0.4) is 0 Å². The van der Waals surface area contributed by atoms with Crippen molar-refractivity contribution in [1.82, 2.24) is 0 Å². The lowest BCUT2D eigenvalue weighted by Gasteiger charge is -2.11. The fourth-order valence-corrected chi connectivity index (χ4v) is 4.99. The maximum Gasteiger partial charge on any atom is 0.318 e. The van der Waals surface area contributed by atoms with Gasteiger partial charge in [0.2, 0.25) is 0 Å². The Morgan fingerprint density at radius 2 is 1.55 bits per heavy atom. The minimum absolute atomic E-state index is 0.189. The molecule has 1 unspecified atom stereocenters. The van der Waals surface area contributed by atoms with Crippen molar-refractivity contribution >= 4 is 39.7 Å². The molecule has 1 atom stereocenters. The summed E-state index contributed by atoms with van der Waals surface area (Å²) in [5.74, 6) is 0.561. The quantitative estimate of drug-likeness (QED) is 0.247. The van der Waals surface area contributed by atoms with Crippen molar-refractivity contribution in [1.29, 1.82) is 0 Å². The van der Waals surface area contributed by atoms with Gasteiger partial charge >= 0.3 is 5.97 Å². The summed E-state index contributed by atoms with van der Waals surface area (Å²) in [4.78, 5) is 11.7. The summed E-state index contributed by atoms with van der Waals surface area (Å²) in [5, 5.41) is 2.08. The smallest absolute Gasteiger partial charge is 0.318 e. The molecule has 0 aliphatic rings. The molecule has 0 aliphatic heterocycles. The van der Waals surface area contributed by atoms with Crippen molar-refractivity contribution < 1.29 is 13.9 Å². The molecule has 5 rings (SSSR count). The zero-order valence-corrected chi connectivity index (χ0v) is 19.4. The van der Waals surface area contributed by atoms with Crippen molar-refractivity contribution in [2.24, 2.45) is 0 Å². The van der Waals surface area contributed by atoms with Crippen LogP contribution in [0.15, 0.2) is 95.4 Å². The lowest BCUT2D eigenvalue weighted by Crippen LogP contribution is -2.14. The Bertz CT molecular complexity index is 1450. The molecule has 0 amide bonds. The minimum Gasteiger partial charge on any atom is -0.468 e. The summed E-state index contributed by atoms with van der Waals surface area (Å²) >= 11 is 1.58. The molecule has 0 saturated carbocycles. The van der Waals surface area contributed by atoms with E-state index in [9.17, 15) is 4.79 Å². The first-order valence-corrected chi connectivity index (χ1v) is 12.0. The largest absolute Gasteiger partial charge is 0.468 e. The first-order valence-electron chi connectivity index (χ1n) is 10.9. The number of para-hydroxylation sites is 2. The lowest BCUT2D eigenvalue weighted by atomic mass is 9.97. The Labute approximate surface area is 197 Å². The van der Waals surface area contributed by atoms with Gasteiger partial charge in [0.1, 0.15) is 11.2 Å². The van der Waals surface area contributed by atoms with E-state index >= 15 is 0 Å². The zero-order valence-electron chi connectivity index (χ0n) is 18.6. The number of carbonyl (C=O) groups excluding carboxylic acids is 1. The zero-order chi connectivity index (χ0) is 22.8. The van der Waals surface area contributed by atoms with Gasteiger partial charge in [-0.25, -0.2) is 0 Å². The van der Waals surface area contributed by atoms with Crippen LogP contribution in [0.4, 0.5) is 0 Å². The predicted molar refractivity (Wildman–Crippen MR) is 137 cm³/mol. The highest BCUT2D eigenvalue weighted by Crippen LogP contribution is 2.37. The fourth-order valence-electron chi connectivity index (χ4n) is 4.14. The third-order valence-electron chi connectivity index (χ3n) is 5.87. The maximum absolute atomic E-state index is 11.7. The lowest BCUT2D eigenvalue weighted by molar-refractivity contribution is -0.139. The summed E-state index contributed by atoms with van der Waals surface area (Å²) in [6.45, 7) is 1.88. The first-order chi connectivity index (χ1) is 16.1. The van der Waals surface area contributed by atoms with Gasteiger partial charge in [0.25, 0.3) is 0 Å². The van der Waals surface area contributed by atoms with Gasteiger partial charge in [-0.1, -0.05) is 78.9 Å². The van der Waals surface area contributed by atoms with Crippen molar-refractivity contribution in [3.8, 4) is 22.3 Å². The number of furan rings is 1. The Morgan fingerprint density at radius 1 is 0.848 bits per heavy atom. The highest BCUT2D eigenvalue weighted by atomic mass is 32.2. The number of thioether (sulfide) groups is 1. The van der Waals surface area contributed by atoms with Gasteiger partial charge in [-0.3, -0.25) is 4.79 Å². The molecule has 0 N–H and O–H groups in total. The molecule has 33 heavy (non-hydrogen) atoms. The second-order valence-corrected chi connectivity index (χ2v) is 9.37. The van der Waals surface area contributed by atoms with E-state index in [4.69, 9.17) is 9.15 Å². The van der Waals surface area contributed by atoms with E-state index in [2.05, 4.69) is 72.8 Å². The van der Waals surface area contributed by atoms with Gasteiger partial charge in [0.05, 0.1) is 12.4 Å². The second kappa shape index (κ2) is 9.16. The van der Waals surface area contributed by atoms with E-state index in [1.807, 2.05) is 25.1 Å². The number of benzene rings is 4. The van der Waals surface area contributed by atoms with Crippen LogP contribution in [0.5, 0.6) is 0 Å². The molecular formula is C29H24O3S. The molecule has 0 fully saturated rings. The number of methoxy groups -OCH3 is 1. The Balaban J connectivity index is 1.48. The molecule has 1 aromatic heterocycles. The van der Waals surface area contributed by atoms with Crippen LogP contribution in [-0.4, -0.2) is 18.3 Å². The molecule has 0 radical (unpaired) electrons. The van der Waals surface area contributed by atoms with Crippen LogP contribution in [0.2, 0.25) is 0 Å². The average Bonchev–Trinajstić information content (AvgIpc) is 3.26. The van der Waals surface area contributed by atoms with Crippen molar-refractivity contribution in [2.45, 2.75) is 17.9 Å². The van der Waals surface area contributed by atoms with Crippen LogP contribution in [-0.2, 0) is 15.3 Å². The highest BCUT2D eigenvalue weighted by Gasteiger charge is 2.14. The molecule has 4 heteroatoms. The summed E-state index contributed by atoms with van der Waals surface area (Å²) in [7, 11) is 1.43. The summed E-state index contributed by atoms with van der Waals surface area (Å²) < 4.78 is 11.1. The topological polar surface area (TPSA) is 39.4 Å². The average molecular weight is 453 g/mol. The standard InChI is InChI=1S/C29H24O3S/c1-19(29(30)31-2)33-18-20-8-5-9-21(16-20)22-10-6-11-23(17-22)24-13-7-14-26-25-12-3-4-15-27(25)32-28(24)26/h3-17,19H,18H2,1-2H3. The number of hydrogen-bond acceptors (Lipinski definition) is 4. The Hall–Kier alpha value is -3.50. The third kappa shape index (κ3) is 4.27. The van der Waals surface area contributed by atoms with Crippen molar-refractivity contribution in [3.05, 3.63) is 96.6 Å². The molecule has 4 aromatic carbocycles. The molecule has 3 nitrogen and oxygen atoms in total. The SMILES string of the molecule is COC(=O)C(C)SCc1cccc(-c2cccc(-c3cccc4c3oc3ccccc34)c2)c1. The normalized spacial score (nSPS) is 12.2. The summed E-state index contributed by atoms with van der Waals surface area (Å²) in [6, 6.07) is 31.5. The number of fused-ring (bicyclic) bond motifs is 3. The molecule has 1 heterocycles. The van der Waals surface area contributed by atoms with Gasteiger partial charge in [0.15, 0.2) is 0 Å². The van der Waals surface area contributed by atoms with Crippen molar-refractivity contribution in [2.75, 3.05) is 7.11 Å². The van der Waals surface area contributed by atoms with Gasteiger partial charge in [-0.05, 0) is 41.3 Å². The number of rotatable bonds is 6.